The number of nitrogens with one attached hydrogen (secondary N) is 1. The van der Waals surface area contributed by atoms with Gasteiger partial charge >= 0.3 is 0 Å². The first-order valence-electron chi connectivity index (χ1n) is 7.71. The van der Waals surface area contributed by atoms with Gasteiger partial charge in [-0.3, -0.25) is 4.79 Å². The summed E-state index contributed by atoms with van der Waals surface area (Å²) in [5.41, 5.74) is 0. The molecule has 1 N–H and O–H groups in total. The van der Waals surface area contributed by atoms with Crippen LogP contribution in [0.4, 0.5) is 5.13 Å². The second-order valence-electron chi connectivity index (χ2n) is 5.10. The Bertz CT molecular complexity index is 793. The Hall–Kier alpha value is -1.49. The molecule has 25 heavy (non-hydrogen) atoms. The zero-order chi connectivity index (χ0) is 18.3. The van der Waals surface area contributed by atoms with Gasteiger partial charge in [-0.05, 0) is 24.3 Å². The number of nitrogens with zero attached hydrogens (tertiary/aromatic N) is 3. The summed E-state index contributed by atoms with van der Waals surface area (Å²) in [7, 11) is -2.01. The van der Waals surface area contributed by atoms with E-state index >= 15 is 0 Å². The van der Waals surface area contributed by atoms with Crippen LogP contribution in [0.3, 0.4) is 0 Å². The van der Waals surface area contributed by atoms with Crippen LogP contribution in [-0.4, -0.2) is 48.2 Å². The summed E-state index contributed by atoms with van der Waals surface area (Å²) in [5.74, 6) is 0.694. The fraction of sp³-hybridized carbons (Fsp3) is 0.400. The van der Waals surface area contributed by atoms with Gasteiger partial charge in [0.15, 0.2) is 4.34 Å². The third kappa shape index (κ3) is 5.77. The molecule has 0 saturated carbocycles. The molecular formula is C15H20N4O3S3. The molecule has 1 aromatic carbocycles. The summed E-state index contributed by atoms with van der Waals surface area (Å²) in [6.45, 7) is 2.28. The van der Waals surface area contributed by atoms with Crippen LogP contribution < -0.4 is 5.32 Å². The largest absolute Gasteiger partial charge is 0.301 e. The predicted molar refractivity (Wildman–Crippen MR) is 100 cm³/mol. The molecule has 0 unspecified atom stereocenters. The highest BCUT2D eigenvalue weighted by Gasteiger charge is 2.20. The van der Waals surface area contributed by atoms with Crippen molar-refractivity contribution in [3.8, 4) is 0 Å². The van der Waals surface area contributed by atoms with Gasteiger partial charge in [0.25, 0.3) is 0 Å². The lowest BCUT2D eigenvalue weighted by molar-refractivity contribution is -0.116. The van der Waals surface area contributed by atoms with Gasteiger partial charge in [0.2, 0.25) is 21.1 Å². The summed E-state index contributed by atoms with van der Waals surface area (Å²) in [6.07, 6.45) is 0.633. The van der Waals surface area contributed by atoms with Crippen LogP contribution in [0.5, 0.6) is 0 Å². The van der Waals surface area contributed by atoms with E-state index in [0.29, 0.717) is 11.6 Å². The number of rotatable bonds is 9. The van der Waals surface area contributed by atoms with Gasteiger partial charge in [-0.1, -0.05) is 48.2 Å². The first-order valence-corrected chi connectivity index (χ1v) is 10.9. The van der Waals surface area contributed by atoms with Crippen LogP contribution in [0, 0.1) is 0 Å². The molecule has 0 bridgehead atoms. The van der Waals surface area contributed by atoms with Gasteiger partial charge in [-0.15, -0.1) is 10.2 Å². The standard InChI is InChI=1S/C15H20N4O3S3/c1-3-23-15-18-17-14(24-15)16-13(20)10-7-11-19(2)25(21,22)12-8-5-4-6-9-12/h4-6,8-9H,3,7,10-11H2,1-2H3,(H,16,17,20). The molecule has 0 fully saturated rings. The molecule has 2 aromatic rings. The first-order chi connectivity index (χ1) is 11.9. The number of thioether (sulfide) groups is 1. The summed E-state index contributed by atoms with van der Waals surface area (Å²) in [4.78, 5) is 12.2. The number of hydrogen-bond donors (Lipinski definition) is 1. The van der Waals surface area contributed by atoms with Crippen molar-refractivity contribution in [2.75, 3.05) is 24.7 Å². The van der Waals surface area contributed by atoms with E-state index in [9.17, 15) is 13.2 Å². The average Bonchev–Trinajstić information content (AvgIpc) is 3.02. The van der Waals surface area contributed by atoms with E-state index in [1.54, 1.807) is 42.1 Å². The summed E-state index contributed by atoms with van der Waals surface area (Å²) in [5, 5.41) is 11.0. The van der Waals surface area contributed by atoms with Crippen molar-refractivity contribution in [1.82, 2.24) is 14.5 Å². The van der Waals surface area contributed by atoms with Crippen LogP contribution in [0.25, 0.3) is 0 Å². The summed E-state index contributed by atoms with van der Waals surface area (Å²) < 4.78 is 26.8. The molecule has 1 heterocycles. The molecule has 0 radical (unpaired) electrons. The average molecular weight is 401 g/mol. The maximum atomic E-state index is 12.4. The Labute approximate surface area is 155 Å². The van der Waals surface area contributed by atoms with Gasteiger partial charge < -0.3 is 5.32 Å². The number of benzene rings is 1. The van der Waals surface area contributed by atoms with Crippen molar-refractivity contribution in [3.63, 3.8) is 0 Å². The third-order valence-electron chi connectivity index (χ3n) is 3.25. The Kier molecular flexibility index (Phi) is 7.36. The molecule has 0 aliphatic carbocycles. The lowest BCUT2D eigenvalue weighted by atomic mass is 10.3. The topological polar surface area (TPSA) is 92.3 Å². The maximum absolute atomic E-state index is 12.4. The van der Waals surface area contributed by atoms with Crippen LogP contribution in [0.15, 0.2) is 39.6 Å². The SMILES string of the molecule is CCSc1nnc(NC(=O)CCCN(C)S(=O)(=O)c2ccccc2)s1. The zero-order valence-electron chi connectivity index (χ0n) is 14.0. The van der Waals surface area contributed by atoms with E-state index in [1.165, 1.54) is 22.7 Å². The van der Waals surface area contributed by atoms with Crippen molar-refractivity contribution in [2.45, 2.75) is 29.0 Å². The second kappa shape index (κ2) is 9.27. The van der Waals surface area contributed by atoms with E-state index in [1.807, 2.05) is 6.92 Å². The van der Waals surface area contributed by atoms with E-state index in [4.69, 9.17) is 0 Å². The highest BCUT2D eigenvalue weighted by molar-refractivity contribution is 8.01. The van der Waals surface area contributed by atoms with Crippen molar-refractivity contribution < 1.29 is 13.2 Å². The van der Waals surface area contributed by atoms with Gasteiger partial charge in [-0.2, -0.15) is 0 Å². The number of amides is 1. The number of anilines is 1. The lowest BCUT2D eigenvalue weighted by Gasteiger charge is -2.16. The van der Waals surface area contributed by atoms with E-state index in [2.05, 4.69) is 15.5 Å². The Morgan fingerprint density at radius 1 is 1.28 bits per heavy atom. The van der Waals surface area contributed by atoms with E-state index < -0.39 is 10.0 Å². The summed E-state index contributed by atoms with van der Waals surface area (Å²) >= 11 is 2.90. The number of carbonyl (C=O) groups is 1. The van der Waals surface area contributed by atoms with Crippen LogP contribution in [0.2, 0.25) is 0 Å². The Morgan fingerprint density at radius 2 is 2.00 bits per heavy atom. The number of carbonyl (C=O) groups excluding carboxylic acids is 1. The molecule has 1 aromatic heterocycles. The molecule has 2 rings (SSSR count). The van der Waals surface area contributed by atoms with Crippen molar-refractivity contribution in [2.24, 2.45) is 0 Å². The molecule has 0 aliphatic heterocycles. The fourth-order valence-electron chi connectivity index (χ4n) is 1.98. The maximum Gasteiger partial charge on any atom is 0.242 e. The molecule has 0 saturated heterocycles. The quantitative estimate of drug-likeness (QED) is 0.514. The number of sulfonamides is 1. The fourth-order valence-corrected chi connectivity index (χ4v) is 4.87. The first kappa shape index (κ1) is 19.8. The zero-order valence-corrected chi connectivity index (χ0v) is 16.5. The van der Waals surface area contributed by atoms with Gasteiger partial charge in [0.05, 0.1) is 4.90 Å². The van der Waals surface area contributed by atoms with Crippen molar-refractivity contribution in [1.29, 1.82) is 0 Å². The number of hydrogen-bond acceptors (Lipinski definition) is 7. The Balaban J connectivity index is 1.80. The molecule has 0 atom stereocenters. The van der Waals surface area contributed by atoms with Crippen LogP contribution in [0.1, 0.15) is 19.8 Å². The molecule has 7 nitrogen and oxygen atoms in total. The lowest BCUT2D eigenvalue weighted by Crippen LogP contribution is -2.28. The van der Waals surface area contributed by atoms with Gasteiger partial charge in [0, 0.05) is 20.0 Å². The third-order valence-corrected chi connectivity index (χ3v) is 6.97. The minimum Gasteiger partial charge on any atom is -0.301 e. The minimum atomic E-state index is -3.52. The highest BCUT2D eigenvalue weighted by Crippen LogP contribution is 2.25. The van der Waals surface area contributed by atoms with Crippen LogP contribution >= 0.6 is 23.1 Å². The summed E-state index contributed by atoms with van der Waals surface area (Å²) in [6, 6.07) is 8.24. The monoisotopic (exact) mass is 400 g/mol. The van der Waals surface area contributed by atoms with Gasteiger partial charge in [-0.25, -0.2) is 12.7 Å². The molecule has 10 heteroatoms. The minimum absolute atomic E-state index is 0.199. The van der Waals surface area contributed by atoms with Crippen molar-refractivity contribution in [3.05, 3.63) is 30.3 Å². The molecule has 0 spiro atoms. The van der Waals surface area contributed by atoms with Gasteiger partial charge in [0.1, 0.15) is 0 Å². The second-order valence-corrected chi connectivity index (χ2v) is 9.63. The Morgan fingerprint density at radius 3 is 2.68 bits per heavy atom. The normalized spacial score (nSPS) is 11.6. The highest BCUT2D eigenvalue weighted by atomic mass is 32.2. The van der Waals surface area contributed by atoms with E-state index in [0.717, 1.165) is 10.1 Å². The molecular weight excluding hydrogens is 380 g/mol. The predicted octanol–water partition coefficient (Wildman–Crippen LogP) is 2.69. The van der Waals surface area contributed by atoms with E-state index in [-0.39, 0.29) is 23.8 Å². The smallest absolute Gasteiger partial charge is 0.242 e. The molecule has 136 valence electrons. The number of aromatic nitrogens is 2. The van der Waals surface area contributed by atoms with Crippen molar-refractivity contribution >= 4 is 44.2 Å². The molecule has 0 aliphatic rings. The van der Waals surface area contributed by atoms with Crippen LogP contribution in [-0.2, 0) is 14.8 Å². The molecule has 1 amide bonds.